The van der Waals surface area contributed by atoms with Gasteiger partial charge in [0.2, 0.25) is 0 Å². The molecule has 1 aromatic carbocycles. The van der Waals surface area contributed by atoms with Crippen LogP contribution in [0.1, 0.15) is 25.8 Å². The number of likely N-dealkylation sites (N-methyl/N-ethyl adjacent to an activating group) is 1. The van der Waals surface area contributed by atoms with Gasteiger partial charge in [0.1, 0.15) is 0 Å². The van der Waals surface area contributed by atoms with E-state index in [-0.39, 0.29) is 5.41 Å². The highest BCUT2D eigenvalue weighted by molar-refractivity contribution is 5.62. The van der Waals surface area contributed by atoms with Crippen molar-refractivity contribution in [1.82, 2.24) is 0 Å². The van der Waals surface area contributed by atoms with Gasteiger partial charge in [-0.05, 0) is 17.5 Å². The molecular weight excluding hydrogens is 196 g/mol. The molecule has 0 bridgehead atoms. The van der Waals surface area contributed by atoms with E-state index in [0.29, 0.717) is 12.3 Å². The number of nitriles is 1. The van der Waals surface area contributed by atoms with Gasteiger partial charge in [0, 0.05) is 31.1 Å². The van der Waals surface area contributed by atoms with Crippen LogP contribution in [0.3, 0.4) is 0 Å². The topological polar surface area (TPSA) is 27.0 Å². The Morgan fingerprint density at radius 2 is 2.12 bits per heavy atom. The Morgan fingerprint density at radius 1 is 1.44 bits per heavy atom. The van der Waals surface area contributed by atoms with Gasteiger partial charge in [0.05, 0.1) is 6.07 Å². The predicted molar refractivity (Wildman–Crippen MR) is 66.5 cm³/mol. The zero-order chi connectivity index (χ0) is 11.8. The lowest BCUT2D eigenvalue weighted by molar-refractivity contribution is 0.335. The van der Waals surface area contributed by atoms with Crippen LogP contribution in [0.5, 0.6) is 0 Å². The lowest BCUT2D eigenvalue weighted by Gasteiger charge is -2.32. The van der Waals surface area contributed by atoms with E-state index in [2.05, 4.69) is 56.1 Å². The standard InChI is InChI=1S/C14H18N2/c1-11(2)14(8-9-15)10-16(3)13-7-5-4-6-12(13)14/h4-7,11H,8,10H2,1-3H3/t14-/m0/s1. The fourth-order valence-corrected chi connectivity index (χ4v) is 2.81. The van der Waals surface area contributed by atoms with E-state index in [9.17, 15) is 0 Å². The van der Waals surface area contributed by atoms with Crippen molar-refractivity contribution in [3.05, 3.63) is 29.8 Å². The first-order valence-electron chi connectivity index (χ1n) is 5.79. The van der Waals surface area contributed by atoms with Gasteiger partial charge < -0.3 is 4.90 Å². The van der Waals surface area contributed by atoms with E-state index in [1.165, 1.54) is 11.3 Å². The normalized spacial score (nSPS) is 23.3. The summed E-state index contributed by atoms with van der Waals surface area (Å²) in [5.41, 5.74) is 2.64. The molecule has 0 fully saturated rings. The van der Waals surface area contributed by atoms with Crippen molar-refractivity contribution < 1.29 is 0 Å². The van der Waals surface area contributed by atoms with Gasteiger partial charge in [-0.25, -0.2) is 0 Å². The number of hydrogen-bond acceptors (Lipinski definition) is 2. The van der Waals surface area contributed by atoms with Crippen molar-refractivity contribution in [2.24, 2.45) is 5.92 Å². The minimum Gasteiger partial charge on any atom is -0.373 e. The summed E-state index contributed by atoms with van der Waals surface area (Å²) >= 11 is 0. The summed E-state index contributed by atoms with van der Waals surface area (Å²) in [4.78, 5) is 2.27. The lowest BCUT2D eigenvalue weighted by Crippen LogP contribution is -2.36. The zero-order valence-corrected chi connectivity index (χ0v) is 10.2. The fraction of sp³-hybridized carbons (Fsp3) is 0.500. The fourth-order valence-electron chi connectivity index (χ4n) is 2.81. The van der Waals surface area contributed by atoms with Crippen LogP contribution < -0.4 is 4.90 Å². The largest absolute Gasteiger partial charge is 0.373 e. The van der Waals surface area contributed by atoms with Gasteiger partial charge >= 0.3 is 0 Å². The van der Waals surface area contributed by atoms with Crippen LogP contribution in [-0.4, -0.2) is 13.6 Å². The number of rotatable bonds is 2. The minimum absolute atomic E-state index is 0.0140. The highest BCUT2D eigenvalue weighted by atomic mass is 15.1. The molecule has 0 spiro atoms. The van der Waals surface area contributed by atoms with E-state index in [0.717, 1.165) is 6.54 Å². The van der Waals surface area contributed by atoms with Gasteiger partial charge in [-0.1, -0.05) is 32.0 Å². The van der Waals surface area contributed by atoms with E-state index < -0.39 is 0 Å². The average Bonchev–Trinajstić information content (AvgIpc) is 2.55. The highest BCUT2D eigenvalue weighted by Crippen LogP contribution is 2.46. The van der Waals surface area contributed by atoms with Crippen LogP contribution >= 0.6 is 0 Å². The Hall–Kier alpha value is -1.49. The second kappa shape index (κ2) is 3.83. The van der Waals surface area contributed by atoms with E-state index in [1.54, 1.807) is 0 Å². The number of hydrogen-bond donors (Lipinski definition) is 0. The Bertz CT molecular complexity index is 431. The van der Waals surface area contributed by atoms with Crippen molar-refractivity contribution in [3.8, 4) is 6.07 Å². The Morgan fingerprint density at radius 3 is 2.75 bits per heavy atom. The average molecular weight is 214 g/mol. The van der Waals surface area contributed by atoms with Crippen LogP contribution in [0.25, 0.3) is 0 Å². The molecule has 0 aliphatic carbocycles. The minimum atomic E-state index is 0.0140. The number of fused-ring (bicyclic) bond motifs is 1. The molecule has 0 unspecified atom stereocenters. The summed E-state index contributed by atoms with van der Waals surface area (Å²) in [5.74, 6) is 0.484. The molecule has 0 aromatic heterocycles. The van der Waals surface area contributed by atoms with Gasteiger partial charge in [-0.2, -0.15) is 5.26 Å². The number of anilines is 1. The monoisotopic (exact) mass is 214 g/mol. The Labute approximate surface area is 97.5 Å². The summed E-state index contributed by atoms with van der Waals surface area (Å²) in [6.45, 7) is 5.39. The molecule has 16 heavy (non-hydrogen) atoms. The first-order valence-corrected chi connectivity index (χ1v) is 5.79. The maximum Gasteiger partial charge on any atom is 0.0631 e. The van der Waals surface area contributed by atoms with Crippen molar-refractivity contribution in [1.29, 1.82) is 5.26 Å². The maximum atomic E-state index is 9.08. The third-order valence-corrected chi connectivity index (χ3v) is 3.87. The quantitative estimate of drug-likeness (QED) is 0.756. The lowest BCUT2D eigenvalue weighted by atomic mass is 9.71. The molecule has 0 N–H and O–H groups in total. The molecule has 2 nitrogen and oxygen atoms in total. The van der Waals surface area contributed by atoms with Crippen molar-refractivity contribution in [2.75, 3.05) is 18.5 Å². The molecule has 1 aliphatic rings. The van der Waals surface area contributed by atoms with E-state index in [1.807, 2.05) is 0 Å². The van der Waals surface area contributed by atoms with Crippen LogP contribution in [-0.2, 0) is 5.41 Å². The molecule has 1 aromatic rings. The summed E-state index contributed by atoms with van der Waals surface area (Å²) in [6, 6.07) is 10.8. The first kappa shape index (κ1) is 11.0. The molecule has 1 aliphatic heterocycles. The molecular formula is C14H18N2. The molecule has 0 radical (unpaired) electrons. The smallest absolute Gasteiger partial charge is 0.0631 e. The highest BCUT2D eigenvalue weighted by Gasteiger charge is 2.43. The van der Waals surface area contributed by atoms with Crippen LogP contribution in [0.2, 0.25) is 0 Å². The SMILES string of the molecule is CC(C)[C@]1(CC#N)CN(C)c2ccccc21. The predicted octanol–water partition coefficient (Wildman–Crippen LogP) is 2.94. The van der Waals surface area contributed by atoms with Crippen LogP contribution in [0.15, 0.2) is 24.3 Å². The summed E-state index contributed by atoms with van der Waals surface area (Å²) in [5, 5.41) is 9.08. The van der Waals surface area contributed by atoms with E-state index >= 15 is 0 Å². The summed E-state index contributed by atoms with van der Waals surface area (Å²) in [7, 11) is 2.11. The molecule has 1 heterocycles. The molecule has 0 saturated carbocycles. The molecule has 1 atom stereocenters. The molecule has 2 rings (SSSR count). The number of nitrogens with zero attached hydrogens (tertiary/aromatic N) is 2. The van der Waals surface area contributed by atoms with Crippen molar-refractivity contribution in [2.45, 2.75) is 25.7 Å². The van der Waals surface area contributed by atoms with Crippen molar-refractivity contribution in [3.63, 3.8) is 0 Å². The van der Waals surface area contributed by atoms with Crippen LogP contribution in [0, 0.1) is 17.2 Å². The Kier molecular flexibility index (Phi) is 2.63. The maximum absolute atomic E-state index is 9.08. The molecule has 0 saturated heterocycles. The van der Waals surface area contributed by atoms with Gasteiger partial charge in [0.15, 0.2) is 0 Å². The number of benzene rings is 1. The van der Waals surface area contributed by atoms with Crippen LogP contribution in [0.4, 0.5) is 5.69 Å². The third-order valence-electron chi connectivity index (χ3n) is 3.87. The van der Waals surface area contributed by atoms with Gasteiger partial charge in [-0.3, -0.25) is 0 Å². The second-order valence-corrected chi connectivity index (χ2v) is 5.02. The van der Waals surface area contributed by atoms with E-state index in [4.69, 9.17) is 5.26 Å². The molecule has 0 amide bonds. The second-order valence-electron chi connectivity index (χ2n) is 5.02. The van der Waals surface area contributed by atoms with Gasteiger partial charge in [0.25, 0.3) is 0 Å². The Balaban J connectivity index is 2.56. The number of para-hydroxylation sites is 1. The zero-order valence-electron chi connectivity index (χ0n) is 10.2. The summed E-state index contributed by atoms with van der Waals surface area (Å²) < 4.78 is 0. The van der Waals surface area contributed by atoms with Gasteiger partial charge in [-0.15, -0.1) is 0 Å². The molecule has 2 heteroatoms. The third kappa shape index (κ3) is 1.39. The van der Waals surface area contributed by atoms with Crippen molar-refractivity contribution >= 4 is 5.69 Å². The summed E-state index contributed by atoms with van der Waals surface area (Å²) in [6.07, 6.45) is 0.603. The molecule has 84 valence electrons. The first-order chi connectivity index (χ1) is 7.62.